The molecule has 0 radical (unpaired) electrons. The summed E-state index contributed by atoms with van der Waals surface area (Å²) in [5.41, 5.74) is 17.7. The third kappa shape index (κ3) is 24.2. The number of rotatable bonds is 42. The molecule has 16 N–H and O–H groups in total. The predicted octanol–water partition coefficient (Wildman–Crippen LogP) is -1.50. The molecule has 54 heteroatoms. The number of nitrogens with one attached hydrogen (secondary N) is 4. The number of fused-ring (bicyclic) bond motifs is 1. The molecule has 5 saturated heterocycles. The number of amides is 1. The summed E-state index contributed by atoms with van der Waals surface area (Å²) < 4.78 is 110. The molecule has 0 aromatic carbocycles. The number of aryl methyl sites for hydroxylation is 1. The molecule has 0 spiro atoms. The second kappa shape index (κ2) is 40.0. The highest BCUT2D eigenvalue weighted by Gasteiger charge is 2.49. The SMILES string of the molecule is Cc1cn([C@H]2CC(OP(=S)(OCCOCCOCCNC(=O)CCOCCN)OC[C@H]3O[C@@H](n4ccc(N)nc4=O)CC3C(C)C)[C@@H](COP(O)(=S)OC3C[C@H](n4cnc5c(=O)[nH]c(N)nc54)O[C@@H]3COP(O)(=S)OC3C[C@H](n4ccc(N)nc4=O)O[C@@H]3COP(O)(=S)OC3C[C@H](n4ccc(=O)[nH]c4=O)O[C@@H]3CO)O2)c(=O)[nH]c1=O. The van der Waals surface area contributed by atoms with Gasteiger partial charge in [-0.3, -0.25) is 57.0 Å². The van der Waals surface area contributed by atoms with Crippen molar-refractivity contribution in [3.05, 3.63) is 128 Å². The number of imidazole rings is 1. The van der Waals surface area contributed by atoms with Crippen LogP contribution in [0, 0.1) is 18.8 Å². The molecule has 19 atom stereocenters. The first kappa shape index (κ1) is 89.8. The molecule has 636 valence electrons. The summed E-state index contributed by atoms with van der Waals surface area (Å²) >= 11 is 22.9. The Kier molecular flexibility index (Phi) is 31.2. The molecule has 11 heterocycles. The lowest BCUT2D eigenvalue weighted by molar-refractivity contribution is -0.122. The summed E-state index contributed by atoms with van der Waals surface area (Å²) in [5, 5.41) is 12.9. The Morgan fingerprint density at radius 2 is 1.04 bits per heavy atom. The molecule has 6 aromatic heterocycles. The quantitative estimate of drug-likeness (QED) is 0.0153. The van der Waals surface area contributed by atoms with Gasteiger partial charge in [0, 0.05) is 81.6 Å². The topological polar surface area (TPSA) is 614 Å². The van der Waals surface area contributed by atoms with Crippen LogP contribution in [0.2, 0.25) is 0 Å². The van der Waals surface area contributed by atoms with Gasteiger partial charge >= 0.3 is 49.6 Å². The smallest absolute Gasteiger partial charge is 0.351 e. The number of H-pyrrole nitrogens is 3. The first-order chi connectivity index (χ1) is 54.6. The highest BCUT2D eigenvalue weighted by Crippen LogP contribution is 2.57. The van der Waals surface area contributed by atoms with Gasteiger partial charge in [0.2, 0.25) is 11.9 Å². The van der Waals surface area contributed by atoms with Crippen LogP contribution in [0.15, 0.2) is 82.9 Å². The van der Waals surface area contributed by atoms with Crippen LogP contribution in [0.5, 0.6) is 0 Å². The van der Waals surface area contributed by atoms with E-state index in [1.54, 1.807) is 0 Å². The Labute approximate surface area is 671 Å². The number of carbonyl (C=O) groups excluding carboxylic acids is 1. The fourth-order valence-corrected chi connectivity index (χ4v) is 19.5. The van der Waals surface area contributed by atoms with E-state index in [-0.39, 0.29) is 137 Å². The van der Waals surface area contributed by atoms with Crippen LogP contribution in [0.25, 0.3) is 11.2 Å². The van der Waals surface area contributed by atoms with Crippen LogP contribution in [0.1, 0.15) is 89.1 Å². The number of hydrogen-bond acceptors (Lipinski definition) is 38. The average Bonchev–Trinajstić information content (AvgIpc) is 1.64. The van der Waals surface area contributed by atoms with E-state index in [0.717, 1.165) is 19.8 Å². The number of carbonyl (C=O) groups is 1. The number of hydrogen-bond donors (Lipinski definition) is 12. The van der Waals surface area contributed by atoms with E-state index >= 15 is 0 Å². The summed E-state index contributed by atoms with van der Waals surface area (Å²) in [4.78, 5) is 161. The molecule has 0 bridgehead atoms. The maximum Gasteiger partial charge on any atom is 0.351 e. The van der Waals surface area contributed by atoms with E-state index in [1.807, 2.05) is 13.8 Å². The number of anilines is 3. The van der Waals surface area contributed by atoms with Gasteiger partial charge in [-0.2, -0.15) is 15.0 Å². The Hall–Kier alpha value is -5.94. The van der Waals surface area contributed by atoms with Crippen LogP contribution < -0.4 is 67.7 Å². The number of nitrogens with two attached hydrogens (primary N) is 4. The van der Waals surface area contributed by atoms with Crippen molar-refractivity contribution in [3.63, 3.8) is 0 Å². The standard InChI is InChI=1S/C61H89N17O29P4S4/c1-32(2)34-20-48(74-10-4-44(63)68-58(74)84)100-40(34)27-98-111(115,94-19-18-93-17-16-92-15-9-66-46(80)7-13-91-14-8-62)107-38-24-51(77-25-33(3)55(82)73-61(77)87)102-43(38)30-97-110(90,114)106-37-23-52(78-31-67-53-54(78)71-57(65)72-56(53)83)103-42(37)29-96-109(89,113)105-36-22-50(75-11-5-45(64)69-59(75)85)101-41(36)28-95-108(88,112)104-35-21-49(99-39(35)26-79)76-12-6-47(81)70-60(76)86/h4-6,10-12,25,31-32,34-43,48-52,79H,7-9,13-24,26-30,62H2,1-3H3,(H,66,80)(H,88,112)(H,89,113)(H,90,114)(H2,63,68,84)(H2,64,69,85)(H,70,81,86)(H,73,82,87)(H3,65,71,72,83)/t34?,35?,36?,37?,38?,39-,40-,41-,42-,43-,48-,49-,50-,51-,52-,108?,109?,110?,111?/m1/s1. The van der Waals surface area contributed by atoms with E-state index in [2.05, 4.69) is 40.2 Å². The molecule has 9 unspecified atom stereocenters. The molecule has 115 heavy (non-hydrogen) atoms. The van der Waals surface area contributed by atoms with Gasteiger partial charge in [0.05, 0.1) is 116 Å². The average molecular weight is 1780 g/mol. The highest BCUT2D eigenvalue weighted by atomic mass is 32.5. The molecule has 1 amide bonds. The van der Waals surface area contributed by atoms with Gasteiger partial charge in [-0.05, 0) is 84.5 Å². The highest BCUT2D eigenvalue weighted by molar-refractivity contribution is 8.08. The Morgan fingerprint density at radius 3 is 1.60 bits per heavy atom. The summed E-state index contributed by atoms with van der Waals surface area (Å²) in [6, 6.07) is 3.85. The second-order valence-corrected chi connectivity index (χ2v) is 38.3. The van der Waals surface area contributed by atoms with Crippen molar-refractivity contribution in [3.8, 4) is 0 Å². The van der Waals surface area contributed by atoms with Crippen LogP contribution >= 0.6 is 26.9 Å². The minimum atomic E-state index is -4.64. The molecule has 11 rings (SSSR count). The lowest BCUT2D eigenvalue weighted by Gasteiger charge is -2.30. The molecular formula is C61H89N17O29P4S4. The van der Waals surface area contributed by atoms with Crippen molar-refractivity contribution in [1.82, 2.24) is 63.0 Å². The lowest BCUT2D eigenvalue weighted by atomic mass is 9.89. The zero-order chi connectivity index (χ0) is 82.7. The largest absolute Gasteiger partial charge is 0.394 e. The molecule has 0 saturated carbocycles. The van der Waals surface area contributed by atoms with Gasteiger partial charge in [-0.25, -0.2) is 24.2 Å². The number of aliphatic hydroxyl groups excluding tert-OH is 1. The van der Waals surface area contributed by atoms with Crippen molar-refractivity contribution < 1.29 is 103 Å². The maximum atomic E-state index is 13.6. The zero-order valence-corrected chi connectivity index (χ0v) is 68.6. The van der Waals surface area contributed by atoms with Crippen molar-refractivity contribution in [2.45, 2.75) is 145 Å². The van der Waals surface area contributed by atoms with Gasteiger partial charge in [0.25, 0.3) is 16.7 Å². The minimum Gasteiger partial charge on any atom is -0.394 e. The van der Waals surface area contributed by atoms with Gasteiger partial charge in [0.1, 0.15) is 67.2 Å². The van der Waals surface area contributed by atoms with Crippen LogP contribution in [0.3, 0.4) is 0 Å². The van der Waals surface area contributed by atoms with E-state index in [9.17, 15) is 58.1 Å². The number of ether oxygens (including phenoxy) is 8. The first-order valence-corrected chi connectivity index (χ1v) is 46.2. The second-order valence-electron chi connectivity index (χ2n) is 26.9. The van der Waals surface area contributed by atoms with Gasteiger partial charge < -0.3 is 127 Å². The summed E-state index contributed by atoms with van der Waals surface area (Å²) in [5.74, 6) is -0.883. The number of nitrogen functional groups attached to an aromatic ring is 3. The zero-order valence-electron chi connectivity index (χ0n) is 61.7. The Balaban J connectivity index is 0.801. The summed E-state index contributed by atoms with van der Waals surface area (Å²) in [6.07, 6.45) is -10.7. The predicted molar refractivity (Wildman–Crippen MR) is 416 cm³/mol. The van der Waals surface area contributed by atoms with Crippen LogP contribution in [-0.4, -0.2) is 231 Å². The fourth-order valence-electron chi connectivity index (χ4n) is 13.0. The Morgan fingerprint density at radius 1 is 0.565 bits per heavy atom. The van der Waals surface area contributed by atoms with Gasteiger partial charge in [0.15, 0.2) is 11.2 Å². The maximum absolute atomic E-state index is 13.6. The molecule has 6 aromatic rings. The Bertz CT molecular complexity index is 5020. The third-order valence-electron chi connectivity index (χ3n) is 18.6. The molecular weight excluding hydrogens is 1690 g/mol. The van der Waals surface area contributed by atoms with E-state index in [0.29, 0.717) is 19.6 Å². The van der Waals surface area contributed by atoms with Crippen LogP contribution in [0.4, 0.5) is 17.6 Å². The van der Waals surface area contributed by atoms with Crippen molar-refractivity contribution in [1.29, 1.82) is 0 Å². The molecule has 5 aliphatic rings. The van der Waals surface area contributed by atoms with Crippen LogP contribution in [-0.2, 0) is 131 Å². The van der Waals surface area contributed by atoms with Gasteiger partial charge in [-0.15, -0.1) is 0 Å². The minimum absolute atomic E-state index is 0.0145. The van der Waals surface area contributed by atoms with E-state index in [1.165, 1.54) is 59.3 Å². The molecule has 5 fully saturated rings. The summed E-state index contributed by atoms with van der Waals surface area (Å²) in [6.45, 7) is -14.1. The lowest BCUT2D eigenvalue weighted by Crippen LogP contribution is -2.33. The van der Waals surface area contributed by atoms with Crippen molar-refractivity contribution in [2.75, 3.05) is 110 Å². The third-order valence-corrected chi connectivity index (χ3v) is 25.7. The molecule has 5 aliphatic heterocycles. The molecule has 46 nitrogen and oxygen atoms in total. The van der Waals surface area contributed by atoms with Gasteiger partial charge in [-0.1, -0.05) is 13.8 Å². The number of aromatic nitrogens is 12. The normalized spacial score (nSPS) is 27.1. The van der Waals surface area contributed by atoms with Crippen molar-refractivity contribution in [2.24, 2.45) is 17.6 Å². The number of aromatic amines is 3. The fraction of sp³-hybridized carbons (Fsp3) is 0.639. The van der Waals surface area contributed by atoms with E-state index < -0.39 is 179 Å². The monoisotopic (exact) mass is 1780 g/mol. The number of aliphatic hydroxyl groups is 1. The number of nitrogens with zero attached hydrogens (tertiary/aromatic N) is 9. The first-order valence-electron chi connectivity index (χ1n) is 35.8. The van der Waals surface area contributed by atoms with Crippen molar-refractivity contribution >= 4 is 109 Å². The summed E-state index contributed by atoms with van der Waals surface area (Å²) in [7, 11) is 0. The molecule has 0 aliphatic carbocycles. The van der Waals surface area contributed by atoms with E-state index in [4.69, 9.17) is 149 Å².